The van der Waals surface area contributed by atoms with Gasteiger partial charge in [-0.05, 0) is 43.0 Å². The Morgan fingerprint density at radius 3 is 2.77 bits per heavy atom. The van der Waals surface area contributed by atoms with Crippen LogP contribution in [0.15, 0.2) is 41.7 Å². The van der Waals surface area contributed by atoms with Crippen molar-refractivity contribution in [3.63, 3.8) is 0 Å². The van der Waals surface area contributed by atoms with Crippen LogP contribution in [0.25, 0.3) is 17.0 Å². The van der Waals surface area contributed by atoms with Crippen LogP contribution in [-0.4, -0.2) is 54.4 Å². The van der Waals surface area contributed by atoms with Gasteiger partial charge in [0, 0.05) is 19.3 Å². The highest BCUT2D eigenvalue weighted by molar-refractivity contribution is 7.99. The van der Waals surface area contributed by atoms with Gasteiger partial charge in [-0.25, -0.2) is 0 Å². The molecule has 0 unspecified atom stereocenters. The molecule has 7 nitrogen and oxygen atoms in total. The maximum Gasteiger partial charge on any atom is 0.233 e. The number of nitrogens with zero attached hydrogens (tertiary/aromatic N) is 6. The molecule has 3 aromatic heterocycles. The van der Waals surface area contributed by atoms with Crippen molar-refractivity contribution in [3.8, 4) is 11.4 Å². The van der Waals surface area contributed by atoms with Gasteiger partial charge in [0.25, 0.3) is 0 Å². The first-order valence-electron chi connectivity index (χ1n) is 8.75. The Bertz CT molecular complexity index is 904. The van der Waals surface area contributed by atoms with Crippen LogP contribution in [0.3, 0.4) is 0 Å². The van der Waals surface area contributed by atoms with Crippen LogP contribution in [0.4, 0.5) is 0 Å². The lowest BCUT2D eigenvalue weighted by Crippen LogP contribution is -2.38. The van der Waals surface area contributed by atoms with Crippen LogP contribution in [0.5, 0.6) is 0 Å². The molecule has 0 N–H and O–H groups in total. The number of hydrogen-bond acceptors (Lipinski definition) is 6. The van der Waals surface area contributed by atoms with E-state index in [-0.39, 0.29) is 5.91 Å². The summed E-state index contributed by atoms with van der Waals surface area (Å²) in [5, 5.41) is 13.5. The SMILES string of the molecule is CC1CCN(C(=O)CSc2nnc3ccc(-c4ccccn4)nn23)CC1. The molecule has 134 valence electrons. The van der Waals surface area contributed by atoms with Gasteiger partial charge in [0.1, 0.15) is 5.69 Å². The molecule has 0 spiro atoms. The number of hydrogen-bond donors (Lipinski definition) is 0. The van der Waals surface area contributed by atoms with E-state index in [1.807, 2.05) is 35.2 Å². The lowest BCUT2D eigenvalue weighted by Gasteiger charge is -2.30. The van der Waals surface area contributed by atoms with Crippen molar-refractivity contribution in [2.45, 2.75) is 24.9 Å². The number of likely N-dealkylation sites (tertiary alicyclic amines) is 1. The molecule has 26 heavy (non-hydrogen) atoms. The van der Waals surface area contributed by atoms with Crippen LogP contribution in [0.1, 0.15) is 19.8 Å². The van der Waals surface area contributed by atoms with E-state index >= 15 is 0 Å². The normalized spacial score (nSPS) is 15.5. The van der Waals surface area contributed by atoms with E-state index in [9.17, 15) is 4.79 Å². The van der Waals surface area contributed by atoms with Crippen LogP contribution in [-0.2, 0) is 4.79 Å². The summed E-state index contributed by atoms with van der Waals surface area (Å²) in [7, 11) is 0. The van der Waals surface area contributed by atoms with E-state index in [2.05, 4.69) is 27.2 Å². The molecule has 0 radical (unpaired) electrons. The van der Waals surface area contributed by atoms with Gasteiger partial charge in [-0.15, -0.1) is 10.2 Å². The highest BCUT2D eigenvalue weighted by Gasteiger charge is 2.21. The van der Waals surface area contributed by atoms with Gasteiger partial charge in [-0.1, -0.05) is 24.8 Å². The number of thioether (sulfide) groups is 1. The first-order valence-corrected chi connectivity index (χ1v) is 9.74. The topological polar surface area (TPSA) is 76.3 Å². The summed E-state index contributed by atoms with van der Waals surface area (Å²) in [4.78, 5) is 18.7. The Kier molecular flexibility index (Phi) is 4.83. The maximum atomic E-state index is 12.4. The number of piperidine rings is 1. The monoisotopic (exact) mass is 368 g/mol. The van der Waals surface area contributed by atoms with Crippen LogP contribution in [0, 0.1) is 5.92 Å². The van der Waals surface area contributed by atoms with E-state index in [1.54, 1.807) is 10.7 Å². The number of rotatable bonds is 4. The van der Waals surface area contributed by atoms with Crippen LogP contribution < -0.4 is 0 Å². The number of aromatic nitrogens is 5. The molecule has 4 rings (SSSR count). The average molecular weight is 368 g/mol. The van der Waals surface area contributed by atoms with Crippen molar-refractivity contribution in [1.29, 1.82) is 0 Å². The molecule has 0 bridgehead atoms. The fraction of sp³-hybridized carbons (Fsp3) is 0.389. The first kappa shape index (κ1) is 17.0. The molecule has 1 aliphatic heterocycles. The molecule has 0 saturated carbocycles. The van der Waals surface area contributed by atoms with Crippen molar-refractivity contribution in [1.82, 2.24) is 29.7 Å². The molecular weight excluding hydrogens is 348 g/mol. The van der Waals surface area contributed by atoms with E-state index in [0.29, 0.717) is 22.5 Å². The Hall–Kier alpha value is -2.48. The lowest BCUT2D eigenvalue weighted by molar-refractivity contribution is -0.129. The third kappa shape index (κ3) is 3.55. The van der Waals surface area contributed by atoms with Gasteiger partial charge in [0.15, 0.2) is 5.65 Å². The third-order valence-corrected chi connectivity index (χ3v) is 5.53. The first-order chi connectivity index (χ1) is 12.7. The van der Waals surface area contributed by atoms with E-state index < -0.39 is 0 Å². The number of carbonyl (C=O) groups excluding carboxylic acids is 1. The standard InChI is InChI=1S/C18H20N6OS/c1-13-7-10-23(11-8-13)17(25)12-26-18-21-20-16-6-5-15(22-24(16)18)14-4-2-3-9-19-14/h2-6,9,13H,7-8,10-12H2,1H3. The largest absolute Gasteiger partial charge is 0.342 e. The third-order valence-electron chi connectivity index (χ3n) is 4.62. The predicted octanol–water partition coefficient (Wildman–Crippen LogP) is 2.54. The van der Waals surface area contributed by atoms with Gasteiger partial charge in [0.2, 0.25) is 11.1 Å². The smallest absolute Gasteiger partial charge is 0.233 e. The number of carbonyl (C=O) groups is 1. The van der Waals surface area contributed by atoms with E-state index in [1.165, 1.54) is 11.8 Å². The van der Waals surface area contributed by atoms with Crippen molar-refractivity contribution in [2.24, 2.45) is 5.92 Å². The van der Waals surface area contributed by atoms with Gasteiger partial charge >= 0.3 is 0 Å². The number of pyridine rings is 1. The summed E-state index contributed by atoms with van der Waals surface area (Å²) < 4.78 is 1.68. The van der Waals surface area contributed by atoms with Gasteiger partial charge in [-0.2, -0.15) is 9.61 Å². The minimum absolute atomic E-state index is 0.152. The second-order valence-electron chi connectivity index (χ2n) is 6.54. The summed E-state index contributed by atoms with van der Waals surface area (Å²) in [6.45, 7) is 3.94. The molecular formula is C18H20N6OS. The van der Waals surface area contributed by atoms with Crippen molar-refractivity contribution in [2.75, 3.05) is 18.8 Å². The predicted molar refractivity (Wildman–Crippen MR) is 99.7 cm³/mol. The Morgan fingerprint density at radius 1 is 1.15 bits per heavy atom. The zero-order valence-electron chi connectivity index (χ0n) is 14.6. The summed E-state index contributed by atoms with van der Waals surface area (Å²) in [6, 6.07) is 9.44. The molecule has 0 atom stereocenters. The van der Waals surface area contributed by atoms with Crippen molar-refractivity contribution in [3.05, 3.63) is 36.5 Å². The minimum Gasteiger partial charge on any atom is -0.342 e. The quantitative estimate of drug-likeness (QED) is 0.659. The number of amides is 1. The molecule has 8 heteroatoms. The van der Waals surface area contributed by atoms with Crippen molar-refractivity contribution >= 4 is 23.3 Å². The molecule has 4 heterocycles. The Balaban J connectivity index is 1.49. The summed E-state index contributed by atoms with van der Waals surface area (Å²) in [5.41, 5.74) is 2.19. The fourth-order valence-electron chi connectivity index (χ4n) is 2.99. The molecule has 0 aromatic carbocycles. The summed E-state index contributed by atoms with van der Waals surface area (Å²) >= 11 is 1.38. The zero-order valence-corrected chi connectivity index (χ0v) is 15.4. The van der Waals surface area contributed by atoms with E-state index in [4.69, 9.17) is 0 Å². The molecule has 1 fully saturated rings. The van der Waals surface area contributed by atoms with Crippen LogP contribution in [0.2, 0.25) is 0 Å². The van der Waals surface area contributed by atoms with Crippen LogP contribution >= 0.6 is 11.8 Å². The summed E-state index contributed by atoms with van der Waals surface area (Å²) in [6.07, 6.45) is 3.90. The molecule has 1 saturated heterocycles. The molecule has 0 aliphatic carbocycles. The highest BCUT2D eigenvalue weighted by atomic mass is 32.2. The Morgan fingerprint density at radius 2 is 2.00 bits per heavy atom. The van der Waals surface area contributed by atoms with Gasteiger partial charge in [0.05, 0.1) is 11.4 Å². The second kappa shape index (κ2) is 7.41. The maximum absolute atomic E-state index is 12.4. The van der Waals surface area contributed by atoms with Gasteiger partial charge < -0.3 is 4.90 Å². The second-order valence-corrected chi connectivity index (χ2v) is 7.48. The molecule has 1 aliphatic rings. The Labute approximate surface area is 155 Å². The van der Waals surface area contributed by atoms with Gasteiger partial charge in [-0.3, -0.25) is 9.78 Å². The molecule has 3 aromatic rings. The summed E-state index contributed by atoms with van der Waals surface area (Å²) in [5.74, 6) is 1.21. The number of fused-ring (bicyclic) bond motifs is 1. The molecule has 1 amide bonds. The minimum atomic E-state index is 0.152. The van der Waals surface area contributed by atoms with E-state index in [0.717, 1.165) is 37.3 Å². The zero-order chi connectivity index (χ0) is 17.9. The fourth-order valence-corrected chi connectivity index (χ4v) is 3.78. The average Bonchev–Trinajstić information content (AvgIpc) is 3.09. The highest BCUT2D eigenvalue weighted by Crippen LogP contribution is 2.21. The lowest BCUT2D eigenvalue weighted by atomic mass is 9.99. The van der Waals surface area contributed by atoms with Crippen molar-refractivity contribution < 1.29 is 4.79 Å².